The van der Waals surface area contributed by atoms with Crippen LogP contribution in [-0.4, -0.2) is 29.3 Å². The molecule has 2 rings (SSSR count). The molecule has 1 amide bonds. The highest BCUT2D eigenvalue weighted by atomic mass is 35.5. The average Bonchev–Trinajstić information content (AvgIpc) is 2.54. The lowest BCUT2D eigenvalue weighted by molar-refractivity contribution is 0.0683. The van der Waals surface area contributed by atoms with Crippen molar-refractivity contribution in [3.8, 4) is 0 Å². The lowest BCUT2D eigenvalue weighted by atomic mass is 10.0. The summed E-state index contributed by atoms with van der Waals surface area (Å²) in [6.45, 7) is 4.83. The zero-order chi connectivity index (χ0) is 15.2. The molecule has 0 aliphatic heterocycles. The van der Waals surface area contributed by atoms with Gasteiger partial charge in [-0.15, -0.1) is 11.6 Å². The molecule has 0 aromatic heterocycles. The monoisotopic (exact) mass is 303 g/mol. The van der Waals surface area contributed by atoms with Gasteiger partial charge in [-0.25, -0.2) is 0 Å². The molecular formula is C18H22ClNO. The Labute approximate surface area is 131 Å². The van der Waals surface area contributed by atoms with E-state index in [4.69, 9.17) is 11.6 Å². The first-order valence-corrected chi connectivity index (χ1v) is 8.11. The molecule has 0 radical (unpaired) electrons. The topological polar surface area (TPSA) is 20.3 Å². The Morgan fingerprint density at radius 3 is 2.43 bits per heavy atom. The van der Waals surface area contributed by atoms with E-state index in [0.29, 0.717) is 12.4 Å². The van der Waals surface area contributed by atoms with Gasteiger partial charge < -0.3 is 4.90 Å². The van der Waals surface area contributed by atoms with Gasteiger partial charge in [-0.2, -0.15) is 0 Å². The Morgan fingerprint density at radius 1 is 1.10 bits per heavy atom. The van der Waals surface area contributed by atoms with E-state index in [1.807, 2.05) is 47.4 Å². The fraction of sp³-hybridized carbons (Fsp3) is 0.389. The highest BCUT2D eigenvalue weighted by Crippen LogP contribution is 2.22. The summed E-state index contributed by atoms with van der Waals surface area (Å²) in [6.07, 6.45) is 1.90. The molecule has 0 saturated heterocycles. The number of fused-ring (bicyclic) bond motifs is 1. The first-order chi connectivity index (χ1) is 10.2. The van der Waals surface area contributed by atoms with Gasteiger partial charge in [0.05, 0.1) is 0 Å². The molecule has 0 N–H and O–H groups in total. The largest absolute Gasteiger partial charge is 0.334 e. The maximum absolute atomic E-state index is 13.0. The van der Waals surface area contributed by atoms with Gasteiger partial charge in [0.15, 0.2) is 0 Å². The molecule has 0 fully saturated rings. The molecule has 2 nitrogen and oxygen atoms in total. The molecule has 2 aromatic carbocycles. The molecule has 0 aliphatic rings. The first-order valence-electron chi connectivity index (χ1n) is 7.57. The van der Waals surface area contributed by atoms with Crippen LogP contribution in [0, 0.1) is 0 Å². The molecule has 0 bridgehead atoms. The van der Waals surface area contributed by atoms with Crippen molar-refractivity contribution in [3.63, 3.8) is 0 Å². The molecule has 0 unspecified atom stereocenters. The smallest absolute Gasteiger partial charge is 0.254 e. The number of hydrogen-bond acceptors (Lipinski definition) is 1. The fourth-order valence-corrected chi connectivity index (χ4v) is 3.02. The normalized spacial score (nSPS) is 11.0. The van der Waals surface area contributed by atoms with Crippen LogP contribution in [0.4, 0.5) is 0 Å². The highest BCUT2D eigenvalue weighted by molar-refractivity contribution is 6.18. The summed E-state index contributed by atoms with van der Waals surface area (Å²) in [6, 6.07) is 14.2. The van der Waals surface area contributed by atoms with Crippen LogP contribution in [0.15, 0.2) is 42.5 Å². The third-order valence-electron chi connectivity index (χ3n) is 3.99. The van der Waals surface area contributed by atoms with Gasteiger partial charge in [-0.3, -0.25) is 4.79 Å². The molecular weight excluding hydrogens is 282 g/mol. The fourth-order valence-electron chi connectivity index (χ4n) is 2.84. The van der Waals surface area contributed by atoms with Crippen LogP contribution in [0.1, 0.15) is 37.0 Å². The second kappa shape index (κ2) is 7.46. The summed E-state index contributed by atoms with van der Waals surface area (Å²) in [5.41, 5.74) is 0.769. The summed E-state index contributed by atoms with van der Waals surface area (Å²) in [5.74, 6) is 0.550. The van der Waals surface area contributed by atoms with Crippen LogP contribution < -0.4 is 0 Å². The number of benzene rings is 2. The van der Waals surface area contributed by atoms with E-state index in [1.54, 1.807) is 0 Å². The Balaban J connectivity index is 2.43. The summed E-state index contributed by atoms with van der Waals surface area (Å²) in [4.78, 5) is 14.9. The number of alkyl halides is 1. The van der Waals surface area contributed by atoms with Crippen LogP contribution >= 0.6 is 11.6 Å². The highest BCUT2D eigenvalue weighted by Gasteiger charge is 2.23. The molecule has 0 spiro atoms. The molecule has 2 aromatic rings. The van der Waals surface area contributed by atoms with E-state index < -0.39 is 0 Å². The maximum atomic E-state index is 13.0. The number of halogens is 1. The van der Waals surface area contributed by atoms with Gasteiger partial charge in [-0.05, 0) is 29.7 Å². The standard InChI is InChI=1S/C18H22ClNO/c1-3-15(4-2)20(13-12-19)18(21)17-11-7-9-14-8-5-6-10-16(14)17/h5-11,15H,3-4,12-13H2,1-2H3. The van der Waals surface area contributed by atoms with Crippen molar-refractivity contribution >= 4 is 28.3 Å². The molecule has 0 heterocycles. The number of carbonyl (C=O) groups excluding carboxylic acids is 1. The molecule has 3 heteroatoms. The van der Waals surface area contributed by atoms with Crippen LogP contribution in [-0.2, 0) is 0 Å². The summed E-state index contributed by atoms with van der Waals surface area (Å²) in [5, 5.41) is 2.11. The second-order valence-corrected chi connectivity index (χ2v) is 5.56. The summed E-state index contributed by atoms with van der Waals surface area (Å²) >= 11 is 5.91. The van der Waals surface area contributed by atoms with E-state index in [-0.39, 0.29) is 11.9 Å². The van der Waals surface area contributed by atoms with Crippen LogP contribution in [0.5, 0.6) is 0 Å². The van der Waals surface area contributed by atoms with Crippen molar-refractivity contribution in [2.75, 3.05) is 12.4 Å². The SMILES string of the molecule is CCC(CC)N(CCCl)C(=O)c1cccc2ccccc12. The van der Waals surface area contributed by atoms with E-state index in [2.05, 4.69) is 13.8 Å². The quantitative estimate of drug-likeness (QED) is 0.708. The lowest BCUT2D eigenvalue weighted by Gasteiger charge is -2.30. The van der Waals surface area contributed by atoms with Crippen LogP contribution in [0.2, 0.25) is 0 Å². The molecule has 0 aliphatic carbocycles. The zero-order valence-corrected chi connectivity index (χ0v) is 13.4. The lowest BCUT2D eigenvalue weighted by Crippen LogP contribution is -2.41. The first kappa shape index (κ1) is 15.8. The molecule has 0 atom stereocenters. The minimum Gasteiger partial charge on any atom is -0.334 e. The van der Waals surface area contributed by atoms with Crippen molar-refractivity contribution in [2.24, 2.45) is 0 Å². The predicted molar refractivity (Wildman–Crippen MR) is 90.1 cm³/mol. The third kappa shape index (κ3) is 3.38. The predicted octanol–water partition coefficient (Wildman–Crippen LogP) is 4.71. The maximum Gasteiger partial charge on any atom is 0.254 e. The van der Waals surface area contributed by atoms with Crippen molar-refractivity contribution in [1.29, 1.82) is 0 Å². The van der Waals surface area contributed by atoms with Gasteiger partial charge >= 0.3 is 0 Å². The third-order valence-corrected chi connectivity index (χ3v) is 4.16. The van der Waals surface area contributed by atoms with E-state index in [9.17, 15) is 4.79 Å². The number of amides is 1. The van der Waals surface area contributed by atoms with Crippen molar-refractivity contribution in [3.05, 3.63) is 48.0 Å². The Hall–Kier alpha value is -1.54. The number of rotatable bonds is 6. The average molecular weight is 304 g/mol. The second-order valence-electron chi connectivity index (χ2n) is 5.18. The van der Waals surface area contributed by atoms with Crippen LogP contribution in [0.3, 0.4) is 0 Å². The van der Waals surface area contributed by atoms with Crippen LogP contribution in [0.25, 0.3) is 10.8 Å². The molecule has 0 saturated carbocycles. The number of carbonyl (C=O) groups is 1. The zero-order valence-electron chi connectivity index (χ0n) is 12.7. The van der Waals surface area contributed by atoms with E-state index >= 15 is 0 Å². The van der Waals surface area contributed by atoms with E-state index in [1.165, 1.54) is 0 Å². The Bertz CT molecular complexity index is 602. The van der Waals surface area contributed by atoms with Gasteiger partial charge in [0.1, 0.15) is 0 Å². The molecule has 112 valence electrons. The van der Waals surface area contributed by atoms with Gasteiger partial charge in [-0.1, -0.05) is 50.2 Å². The Morgan fingerprint density at radius 2 is 1.76 bits per heavy atom. The minimum atomic E-state index is 0.0844. The summed E-state index contributed by atoms with van der Waals surface area (Å²) < 4.78 is 0. The van der Waals surface area contributed by atoms with Crippen molar-refractivity contribution < 1.29 is 4.79 Å². The molecule has 21 heavy (non-hydrogen) atoms. The number of hydrogen-bond donors (Lipinski definition) is 0. The summed E-state index contributed by atoms with van der Waals surface area (Å²) in [7, 11) is 0. The number of nitrogens with zero attached hydrogens (tertiary/aromatic N) is 1. The van der Waals surface area contributed by atoms with Gasteiger partial charge in [0, 0.05) is 24.0 Å². The van der Waals surface area contributed by atoms with Crippen molar-refractivity contribution in [2.45, 2.75) is 32.7 Å². The van der Waals surface area contributed by atoms with Crippen molar-refractivity contribution in [1.82, 2.24) is 4.90 Å². The minimum absolute atomic E-state index is 0.0844. The van der Waals surface area contributed by atoms with Gasteiger partial charge in [0.25, 0.3) is 5.91 Å². The Kier molecular flexibility index (Phi) is 5.63. The van der Waals surface area contributed by atoms with E-state index in [0.717, 1.165) is 29.2 Å². The van der Waals surface area contributed by atoms with Gasteiger partial charge in [0.2, 0.25) is 0 Å².